The predicted octanol–water partition coefficient (Wildman–Crippen LogP) is 4.36. The summed E-state index contributed by atoms with van der Waals surface area (Å²) in [4.78, 5) is 14.2. The molecule has 0 atom stereocenters. The molecule has 2 heterocycles. The van der Waals surface area contributed by atoms with Crippen LogP contribution in [0.25, 0.3) is 0 Å². The Balaban J connectivity index is 1.99. The van der Waals surface area contributed by atoms with Gasteiger partial charge in [0.05, 0.1) is 11.2 Å². The zero-order chi connectivity index (χ0) is 18.9. The molecule has 2 rings (SSSR count). The Bertz CT molecular complexity index is 506. The minimum absolute atomic E-state index is 0.218. The normalized spacial score (nSPS) is 25.6. The van der Waals surface area contributed by atoms with Crippen LogP contribution in [0, 0.1) is 0 Å². The maximum absolute atomic E-state index is 12.3. The largest absolute Gasteiger partial charge is 0.487 e. The summed E-state index contributed by atoms with van der Waals surface area (Å²) in [5, 5.41) is 0. The van der Waals surface area contributed by atoms with Gasteiger partial charge in [-0.1, -0.05) is 11.5 Å². The molecule has 0 aromatic heterocycles. The van der Waals surface area contributed by atoms with Crippen molar-refractivity contribution in [1.29, 1.82) is 0 Å². The lowest BCUT2D eigenvalue weighted by molar-refractivity contribution is 0.00578. The van der Waals surface area contributed by atoms with Gasteiger partial charge >= 0.3 is 13.2 Å². The first-order valence-electron chi connectivity index (χ1n) is 9.43. The molecule has 0 saturated carbocycles. The van der Waals surface area contributed by atoms with E-state index in [1.54, 1.807) is 0 Å². The smallest absolute Gasteiger partial charge is 0.444 e. The van der Waals surface area contributed by atoms with Gasteiger partial charge in [-0.25, -0.2) is 4.79 Å². The van der Waals surface area contributed by atoms with Gasteiger partial charge in [-0.3, -0.25) is 0 Å². The molecule has 0 aromatic rings. The lowest BCUT2D eigenvalue weighted by Crippen LogP contribution is -2.41. The van der Waals surface area contributed by atoms with Gasteiger partial charge in [0.2, 0.25) is 0 Å². The maximum Gasteiger partial charge on any atom is 0.487 e. The third kappa shape index (κ3) is 5.48. The summed E-state index contributed by atoms with van der Waals surface area (Å²) in [5.74, 6) is 2.11. The van der Waals surface area contributed by atoms with E-state index in [1.807, 2.05) is 25.7 Å². The van der Waals surface area contributed by atoms with Crippen LogP contribution in [0.1, 0.15) is 74.1 Å². The second-order valence-corrected chi connectivity index (χ2v) is 9.12. The molecule has 0 radical (unpaired) electrons. The highest BCUT2D eigenvalue weighted by Crippen LogP contribution is 2.37. The molecule has 25 heavy (non-hydrogen) atoms. The van der Waals surface area contributed by atoms with Gasteiger partial charge < -0.3 is 18.9 Å². The summed E-state index contributed by atoms with van der Waals surface area (Å²) in [6.45, 7) is 15.4. The Morgan fingerprint density at radius 3 is 2.24 bits per heavy atom. The third-order valence-corrected chi connectivity index (χ3v) is 5.17. The predicted molar refractivity (Wildman–Crippen MR) is 100 cm³/mol. The van der Waals surface area contributed by atoms with Crippen LogP contribution < -0.4 is 0 Å². The van der Waals surface area contributed by atoms with E-state index in [0.29, 0.717) is 6.54 Å². The van der Waals surface area contributed by atoms with Crippen LogP contribution in [0.2, 0.25) is 0 Å². The zero-order valence-corrected chi connectivity index (χ0v) is 17.0. The molecule has 0 aliphatic carbocycles. The van der Waals surface area contributed by atoms with E-state index in [1.165, 1.54) is 5.57 Å². The number of ether oxygens (including phenoxy) is 1. The second kappa shape index (κ2) is 7.32. The van der Waals surface area contributed by atoms with Crippen LogP contribution in [0.5, 0.6) is 0 Å². The molecule has 0 aromatic carbocycles. The minimum atomic E-state index is -0.458. The fraction of sp³-hybridized carbons (Fsp3) is 0.842. The minimum Gasteiger partial charge on any atom is -0.444 e. The molecule has 5 nitrogen and oxygen atoms in total. The van der Waals surface area contributed by atoms with Crippen LogP contribution in [0.15, 0.2) is 11.5 Å². The number of rotatable bonds is 1. The van der Waals surface area contributed by atoms with Crippen molar-refractivity contribution in [2.24, 2.45) is 0 Å². The summed E-state index contributed by atoms with van der Waals surface area (Å²) < 4.78 is 17.7. The number of carbonyl (C=O) groups excluding carboxylic acids is 1. The fourth-order valence-corrected chi connectivity index (χ4v) is 2.99. The molecule has 6 heteroatoms. The Kier molecular flexibility index (Phi) is 5.94. The van der Waals surface area contributed by atoms with Crippen LogP contribution in [-0.4, -0.2) is 48.0 Å². The number of amides is 1. The third-order valence-electron chi connectivity index (χ3n) is 5.17. The standard InChI is InChI=1S/C19H34BNO4/c1-17(2,3)23-16(22)21-12-9-8-10-15(11-13-21)14-20-24-18(4,5)19(6,7)25-20/h14H,8-13H2,1-7H3/b15-14+. The monoisotopic (exact) mass is 351 g/mol. The Morgan fingerprint density at radius 2 is 1.68 bits per heavy atom. The van der Waals surface area contributed by atoms with E-state index in [-0.39, 0.29) is 24.4 Å². The number of hydrogen-bond acceptors (Lipinski definition) is 4. The van der Waals surface area contributed by atoms with Crippen molar-refractivity contribution in [3.63, 3.8) is 0 Å². The van der Waals surface area contributed by atoms with Gasteiger partial charge in [-0.05, 0) is 74.1 Å². The second-order valence-electron chi connectivity index (χ2n) is 9.12. The van der Waals surface area contributed by atoms with Crippen LogP contribution in [0.4, 0.5) is 4.79 Å². The lowest BCUT2D eigenvalue weighted by Gasteiger charge is -2.32. The molecule has 2 saturated heterocycles. The summed E-state index contributed by atoms with van der Waals surface area (Å²) in [5.41, 5.74) is 0.199. The van der Waals surface area contributed by atoms with Crippen molar-refractivity contribution in [1.82, 2.24) is 4.90 Å². The van der Waals surface area contributed by atoms with Crippen molar-refractivity contribution in [3.8, 4) is 0 Å². The summed E-state index contributed by atoms with van der Waals surface area (Å²) in [6, 6.07) is 0. The Labute approximate surface area is 153 Å². The molecule has 0 N–H and O–H groups in total. The van der Waals surface area contributed by atoms with Gasteiger partial charge in [0.1, 0.15) is 5.60 Å². The molecule has 0 unspecified atom stereocenters. The molecule has 2 fully saturated rings. The quantitative estimate of drug-likeness (QED) is 0.659. The first-order chi connectivity index (χ1) is 11.4. The molecule has 1 amide bonds. The van der Waals surface area contributed by atoms with Crippen molar-refractivity contribution in [2.45, 2.75) is 91.0 Å². The molecular weight excluding hydrogens is 317 g/mol. The molecular formula is C19H34BNO4. The van der Waals surface area contributed by atoms with Crippen molar-refractivity contribution in [2.75, 3.05) is 13.1 Å². The lowest BCUT2D eigenvalue weighted by atomic mass is 9.84. The first-order valence-corrected chi connectivity index (χ1v) is 9.43. The highest BCUT2D eigenvalue weighted by atomic mass is 16.7. The van der Waals surface area contributed by atoms with E-state index in [4.69, 9.17) is 14.0 Å². The van der Waals surface area contributed by atoms with Crippen molar-refractivity contribution < 1.29 is 18.8 Å². The Morgan fingerprint density at radius 1 is 1.08 bits per heavy atom. The van der Waals surface area contributed by atoms with E-state index < -0.39 is 5.60 Å². The van der Waals surface area contributed by atoms with Crippen LogP contribution in [-0.2, 0) is 14.0 Å². The van der Waals surface area contributed by atoms with E-state index >= 15 is 0 Å². The number of likely N-dealkylation sites (tertiary alicyclic amines) is 1. The van der Waals surface area contributed by atoms with Gasteiger partial charge in [0, 0.05) is 13.1 Å². The highest BCUT2D eigenvalue weighted by Gasteiger charge is 2.50. The van der Waals surface area contributed by atoms with Crippen molar-refractivity contribution in [3.05, 3.63) is 11.5 Å². The Hall–Kier alpha value is -1.01. The van der Waals surface area contributed by atoms with Gasteiger partial charge in [-0.2, -0.15) is 0 Å². The van der Waals surface area contributed by atoms with Crippen molar-refractivity contribution >= 4 is 13.2 Å². The van der Waals surface area contributed by atoms with Gasteiger partial charge in [0.25, 0.3) is 0 Å². The zero-order valence-electron chi connectivity index (χ0n) is 17.0. The molecule has 0 bridgehead atoms. The van der Waals surface area contributed by atoms with E-state index in [2.05, 4.69) is 33.7 Å². The van der Waals surface area contributed by atoms with E-state index in [9.17, 15) is 4.79 Å². The fourth-order valence-electron chi connectivity index (χ4n) is 2.99. The summed E-state index contributed by atoms with van der Waals surface area (Å²) >= 11 is 0. The molecule has 0 spiro atoms. The van der Waals surface area contributed by atoms with Gasteiger partial charge in [0.15, 0.2) is 0 Å². The molecule has 2 aliphatic heterocycles. The number of hydrogen-bond donors (Lipinski definition) is 0. The van der Waals surface area contributed by atoms with E-state index in [0.717, 1.165) is 32.2 Å². The summed E-state index contributed by atoms with van der Waals surface area (Å²) in [6.07, 6.45) is 3.70. The summed E-state index contributed by atoms with van der Waals surface area (Å²) in [7, 11) is -0.311. The van der Waals surface area contributed by atoms with Crippen LogP contribution in [0.3, 0.4) is 0 Å². The SMILES string of the molecule is CC(C)(C)OC(=O)N1CCCC/C(=C\B2OC(C)(C)C(C)(C)O2)CC1. The van der Waals surface area contributed by atoms with Gasteiger partial charge in [-0.15, -0.1) is 0 Å². The first kappa shape index (κ1) is 20.3. The topological polar surface area (TPSA) is 48.0 Å². The average molecular weight is 351 g/mol. The highest BCUT2D eigenvalue weighted by molar-refractivity contribution is 6.51. The van der Waals surface area contributed by atoms with Crippen LogP contribution >= 0.6 is 0 Å². The average Bonchev–Trinajstić information content (AvgIpc) is 2.58. The maximum atomic E-state index is 12.3. The number of nitrogens with zero attached hydrogens (tertiary/aromatic N) is 1. The number of carbonyl (C=O) groups is 1. The molecule has 2 aliphatic rings. The molecule has 142 valence electrons.